The smallest absolute Gasteiger partial charge is 0.0298 e. The van der Waals surface area contributed by atoms with Crippen molar-refractivity contribution in [1.82, 2.24) is 4.90 Å². The molecule has 1 heterocycles. The Kier molecular flexibility index (Phi) is 5.46. The van der Waals surface area contributed by atoms with Crippen molar-refractivity contribution < 1.29 is 0 Å². The van der Waals surface area contributed by atoms with Gasteiger partial charge < -0.3 is 5.73 Å². The zero-order valence-corrected chi connectivity index (χ0v) is 12.5. The average Bonchev–Trinajstić information content (AvgIpc) is 2.28. The summed E-state index contributed by atoms with van der Waals surface area (Å²) >= 11 is 0. The lowest BCUT2D eigenvalue weighted by atomic mass is 9.78. The molecule has 3 unspecified atom stereocenters. The number of hydrogen-bond acceptors (Lipinski definition) is 2. The quantitative estimate of drug-likeness (QED) is 0.816. The van der Waals surface area contributed by atoms with E-state index in [0.29, 0.717) is 12.1 Å². The van der Waals surface area contributed by atoms with Gasteiger partial charge in [0.15, 0.2) is 0 Å². The zero-order chi connectivity index (χ0) is 13.1. The van der Waals surface area contributed by atoms with Crippen LogP contribution in [0.1, 0.15) is 66.7 Å². The van der Waals surface area contributed by atoms with Crippen molar-refractivity contribution in [2.24, 2.45) is 11.1 Å². The van der Waals surface area contributed by atoms with Crippen LogP contribution < -0.4 is 5.73 Å². The van der Waals surface area contributed by atoms with Crippen LogP contribution in [0.25, 0.3) is 0 Å². The van der Waals surface area contributed by atoms with Crippen LogP contribution in [0.3, 0.4) is 0 Å². The first-order valence-electron chi connectivity index (χ1n) is 7.43. The van der Waals surface area contributed by atoms with E-state index in [2.05, 4.69) is 39.5 Å². The molecule has 0 aromatic heterocycles. The van der Waals surface area contributed by atoms with Crippen molar-refractivity contribution in [3.05, 3.63) is 0 Å². The van der Waals surface area contributed by atoms with Crippen molar-refractivity contribution >= 4 is 0 Å². The van der Waals surface area contributed by atoms with Crippen LogP contribution in [0.2, 0.25) is 0 Å². The van der Waals surface area contributed by atoms with E-state index >= 15 is 0 Å². The fourth-order valence-electron chi connectivity index (χ4n) is 3.44. The van der Waals surface area contributed by atoms with Crippen LogP contribution in [-0.4, -0.2) is 29.6 Å². The highest BCUT2D eigenvalue weighted by molar-refractivity contribution is 4.94. The molecule has 0 radical (unpaired) electrons. The molecule has 102 valence electrons. The minimum Gasteiger partial charge on any atom is -0.326 e. The van der Waals surface area contributed by atoms with E-state index < -0.39 is 0 Å². The van der Waals surface area contributed by atoms with Gasteiger partial charge in [-0.05, 0) is 37.6 Å². The highest BCUT2D eigenvalue weighted by Gasteiger charge is 2.38. The molecule has 1 saturated heterocycles. The number of nitrogens with zero attached hydrogens (tertiary/aromatic N) is 1. The number of nitrogens with two attached hydrogens (primary N) is 1. The molecule has 0 aromatic carbocycles. The largest absolute Gasteiger partial charge is 0.326 e. The monoisotopic (exact) mass is 240 g/mol. The van der Waals surface area contributed by atoms with E-state index in [-0.39, 0.29) is 5.41 Å². The summed E-state index contributed by atoms with van der Waals surface area (Å²) in [6, 6.07) is 1.59. The molecule has 0 aromatic rings. The fraction of sp³-hybridized carbons (Fsp3) is 1.00. The van der Waals surface area contributed by atoms with Gasteiger partial charge in [-0.25, -0.2) is 0 Å². The van der Waals surface area contributed by atoms with E-state index in [0.717, 1.165) is 12.5 Å². The summed E-state index contributed by atoms with van der Waals surface area (Å²) < 4.78 is 0. The van der Waals surface area contributed by atoms with Crippen molar-refractivity contribution in [1.29, 1.82) is 0 Å². The first-order chi connectivity index (χ1) is 7.91. The maximum atomic E-state index is 6.41. The predicted molar refractivity (Wildman–Crippen MR) is 76.1 cm³/mol. The van der Waals surface area contributed by atoms with Crippen LogP contribution in [-0.2, 0) is 0 Å². The number of likely N-dealkylation sites (tertiary alicyclic amines) is 1. The maximum Gasteiger partial charge on any atom is 0.0298 e. The van der Waals surface area contributed by atoms with Gasteiger partial charge in [-0.2, -0.15) is 0 Å². The molecule has 2 nitrogen and oxygen atoms in total. The second kappa shape index (κ2) is 6.19. The molecule has 0 amide bonds. The van der Waals surface area contributed by atoms with Gasteiger partial charge >= 0.3 is 0 Å². The first kappa shape index (κ1) is 15.0. The van der Waals surface area contributed by atoms with Crippen LogP contribution in [0.4, 0.5) is 0 Å². The predicted octanol–water partition coefficient (Wildman–Crippen LogP) is 3.40. The standard InChI is InChI=1S/C15H32N2/c1-6-12-10-8-9-11-17(12)14(13(16)7-2)15(3,4)5/h12-14H,6-11,16H2,1-5H3. The fourth-order valence-corrected chi connectivity index (χ4v) is 3.44. The Balaban J connectivity index is 2.87. The summed E-state index contributed by atoms with van der Waals surface area (Å²) in [5.41, 5.74) is 6.69. The molecular weight excluding hydrogens is 208 g/mol. The Labute approximate surface area is 108 Å². The molecule has 3 atom stereocenters. The molecule has 0 bridgehead atoms. The third-order valence-corrected chi connectivity index (χ3v) is 4.27. The van der Waals surface area contributed by atoms with Crippen molar-refractivity contribution in [2.75, 3.05) is 6.54 Å². The molecule has 2 N–H and O–H groups in total. The molecule has 1 aliphatic heterocycles. The van der Waals surface area contributed by atoms with E-state index in [1.165, 1.54) is 32.2 Å². The maximum absolute atomic E-state index is 6.41. The molecule has 2 heteroatoms. The van der Waals surface area contributed by atoms with Gasteiger partial charge in [0.1, 0.15) is 0 Å². The normalized spacial score (nSPS) is 26.8. The second-order valence-electron chi connectivity index (χ2n) is 6.68. The molecule has 1 aliphatic rings. The van der Waals surface area contributed by atoms with E-state index in [4.69, 9.17) is 5.73 Å². The second-order valence-corrected chi connectivity index (χ2v) is 6.68. The zero-order valence-electron chi connectivity index (χ0n) is 12.5. The summed E-state index contributed by atoms with van der Waals surface area (Å²) in [4.78, 5) is 2.72. The Morgan fingerprint density at radius 3 is 2.35 bits per heavy atom. The topological polar surface area (TPSA) is 29.3 Å². The summed E-state index contributed by atoms with van der Waals surface area (Å²) in [6.45, 7) is 12.8. The Hall–Kier alpha value is -0.0800. The molecule has 17 heavy (non-hydrogen) atoms. The first-order valence-corrected chi connectivity index (χ1v) is 7.43. The summed E-state index contributed by atoms with van der Waals surface area (Å²) in [5.74, 6) is 0. The van der Waals surface area contributed by atoms with Gasteiger partial charge in [0.05, 0.1) is 0 Å². The molecule has 1 fully saturated rings. The Bertz CT molecular complexity index is 219. The minimum absolute atomic E-state index is 0.278. The third-order valence-electron chi connectivity index (χ3n) is 4.27. The lowest BCUT2D eigenvalue weighted by molar-refractivity contribution is 0.0165. The average molecular weight is 240 g/mol. The lowest BCUT2D eigenvalue weighted by Crippen LogP contribution is -2.58. The number of hydrogen-bond donors (Lipinski definition) is 1. The molecule has 0 saturated carbocycles. The van der Waals surface area contributed by atoms with Gasteiger partial charge in [0, 0.05) is 18.1 Å². The van der Waals surface area contributed by atoms with E-state index in [1.807, 2.05) is 0 Å². The van der Waals surface area contributed by atoms with Crippen molar-refractivity contribution in [3.8, 4) is 0 Å². The van der Waals surface area contributed by atoms with Crippen molar-refractivity contribution in [3.63, 3.8) is 0 Å². The molecule has 1 rings (SSSR count). The highest BCUT2D eigenvalue weighted by atomic mass is 15.2. The number of rotatable bonds is 4. The van der Waals surface area contributed by atoms with Gasteiger partial charge in [-0.1, -0.05) is 41.0 Å². The SMILES string of the molecule is CCC(N)C(N1CCCCC1CC)C(C)(C)C. The van der Waals surface area contributed by atoms with Gasteiger partial charge in [-0.3, -0.25) is 4.90 Å². The van der Waals surface area contributed by atoms with Crippen molar-refractivity contribution in [2.45, 2.75) is 84.8 Å². The lowest BCUT2D eigenvalue weighted by Gasteiger charge is -2.49. The summed E-state index contributed by atoms with van der Waals surface area (Å²) in [5, 5.41) is 0. The van der Waals surface area contributed by atoms with Crippen LogP contribution in [0.15, 0.2) is 0 Å². The number of piperidine rings is 1. The van der Waals surface area contributed by atoms with Gasteiger partial charge in [0.25, 0.3) is 0 Å². The van der Waals surface area contributed by atoms with Crippen LogP contribution in [0.5, 0.6) is 0 Å². The molecular formula is C15H32N2. The highest BCUT2D eigenvalue weighted by Crippen LogP contribution is 2.33. The van der Waals surface area contributed by atoms with E-state index in [1.54, 1.807) is 0 Å². The molecule has 0 spiro atoms. The summed E-state index contributed by atoms with van der Waals surface area (Å²) in [6.07, 6.45) is 6.45. The van der Waals surface area contributed by atoms with Gasteiger partial charge in [-0.15, -0.1) is 0 Å². The summed E-state index contributed by atoms with van der Waals surface area (Å²) in [7, 11) is 0. The Morgan fingerprint density at radius 2 is 1.88 bits per heavy atom. The minimum atomic E-state index is 0.278. The third kappa shape index (κ3) is 3.69. The van der Waals surface area contributed by atoms with E-state index in [9.17, 15) is 0 Å². The van der Waals surface area contributed by atoms with Gasteiger partial charge in [0.2, 0.25) is 0 Å². The molecule has 0 aliphatic carbocycles. The van der Waals surface area contributed by atoms with Crippen LogP contribution in [0, 0.1) is 5.41 Å². The van der Waals surface area contributed by atoms with Crippen LogP contribution >= 0.6 is 0 Å². The Morgan fingerprint density at radius 1 is 1.24 bits per heavy atom.